The smallest absolute Gasteiger partial charge is 0.241 e. The third-order valence-electron chi connectivity index (χ3n) is 3.87. The fourth-order valence-electron chi connectivity index (χ4n) is 2.33. The molecule has 152 valence electrons. The summed E-state index contributed by atoms with van der Waals surface area (Å²) in [7, 11) is 3.46. The summed E-state index contributed by atoms with van der Waals surface area (Å²) in [5.74, 6) is 1.41. The number of nitrogens with one attached hydrogen (secondary N) is 2. The highest BCUT2D eigenvalue weighted by molar-refractivity contribution is 14.0. The van der Waals surface area contributed by atoms with Crippen LogP contribution in [0.1, 0.15) is 18.1 Å². The number of hydrogen-bond donors (Lipinski definition) is 2. The number of benzene rings is 2. The van der Waals surface area contributed by atoms with E-state index in [1.54, 1.807) is 19.0 Å². The number of aliphatic imine (C=N–C) groups is 1. The number of nitrogens with zero attached hydrogens (tertiary/aromatic N) is 2. The Labute approximate surface area is 184 Å². The zero-order valence-electron chi connectivity index (χ0n) is 16.6. The first-order valence-electron chi connectivity index (χ1n) is 9.07. The summed E-state index contributed by atoms with van der Waals surface area (Å²) in [6.45, 7) is 3.87. The summed E-state index contributed by atoms with van der Waals surface area (Å²) in [6, 6.07) is 17.9. The molecule has 7 heteroatoms. The van der Waals surface area contributed by atoms with E-state index in [9.17, 15) is 4.79 Å². The molecule has 0 unspecified atom stereocenters. The monoisotopic (exact) mass is 496 g/mol. The summed E-state index contributed by atoms with van der Waals surface area (Å²) in [5.41, 5.74) is 2.11. The summed E-state index contributed by atoms with van der Waals surface area (Å²) in [6.07, 6.45) is 0. The molecule has 0 atom stereocenters. The number of rotatable bonds is 8. The Morgan fingerprint density at radius 2 is 1.71 bits per heavy atom. The fraction of sp³-hybridized carbons (Fsp3) is 0.333. The minimum absolute atomic E-state index is 0. The van der Waals surface area contributed by atoms with Gasteiger partial charge >= 0.3 is 0 Å². The maximum Gasteiger partial charge on any atom is 0.241 e. The van der Waals surface area contributed by atoms with E-state index in [1.807, 2.05) is 61.5 Å². The standard InChI is InChI=1S/C21H28N4O2.HI/c1-4-22-21(24-15-20(26)25(2)3)23-14-18-12-8-9-13-19(18)27-16-17-10-6-5-7-11-17;/h5-13H,4,14-16H2,1-3H3,(H2,22,23,24);1H. The number of likely N-dealkylation sites (N-methyl/N-ethyl adjacent to an activating group) is 1. The van der Waals surface area contributed by atoms with E-state index in [2.05, 4.69) is 15.6 Å². The van der Waals surface area contributed by atoms with Gasteiger partial charge < -0.3 is 20.3 Å². The van der Waals surface area contributed by atoms with Gasteiger partial charge in [0.25, 0.3) is 0 Å². The number of hydrogen-bond acceptors (Lipinski definition) is 3. The van der Waals surface area contributed by atoms with Crippen LogP contribution in [-0.2, 0) is 17.9 Å². The maximum absolute atomic E-state index is 11.8. The zero-order chi connectivity index (χ0) is 19.5. The molecule has 28 heavy (non-hydrogen) atoms. The molecular formula is C21H29IN4O2. The second-order valence-corrected chi connectivity index (χ2v) is 6.22. The molecular weight excluding hydrogens is 467 g/mol. The molecule has 0 radical (unpaired) electrons. The van der Waals surface area contributed by atoms with Gasteiger partial charge in [0.05, 0.1) is 13.1 Å². The molecule has 0 heterocycles. The molecule has 0 aliphatic carbocycles. The van der Waals surface area contributed by atoms with E-state index in [1.165, 1.54) is 0 Å². The Balaban J connectivity index is 0.00000392. The summed E-state index contributed by atoms with van der Waals surface area (Å²) in [4.78, 5) is 17.9. The molecule has 6 nitrogen and oxygen atoms in total. The molecule has 2 N–H and O–H groups in total. The van der Waals surface area contributed by atoms with Crippen LogP contribution in [0.3, 0.4) is 0 Å². The van der Waals surface area contributed by atoms with Crippen molar-refractivity contribution < 1.29 is 9.53 Å². The van der Waals surface area contributed by atoms with Crippen molar-refractivity contribution in [3.63, 3.8) is 0 Å². The van der Waals surface area contributed by atoms with E-state index >= 15 is 0 Å². The molecule has 0 saturated carbocycles. The van der Waals surface area contributed by atoms with Gasteiger partial charge in [0.1, 0.15) is 12.4 Å². The van der Waals surface area contributed by atoms with Crippen molar-refractivity contribution in [1.82, 2.24) is 15.5 Å². The quantitative estimate of drug-likeness (QED) is 0.335. The number of halogens is 1. The van der Waals surface area contributed by atoms with E-state index in [-0.39, 0.29) is 36.4 Å². The van der Waals surface area contributed by atoms with Gasteiger partial charge in [-0.3, -0.25) is 4.79 Å². The van der Waals surface area contributed by atoms with Gasteiger partial charge in [-0.15, -0.1) is 24.0 Å². The number of amides is 1. The van der Waals surface area contributed by atoms with Crippen molar-refractivity contribution in [1.29, 1.82) is 0 Å². The first-order chi connectivity index (χ1) is 13.1. The predicted octanol–water partition coefficient (Wildman–Crippen LogP) is 3.03. The van der Waals surface area contributed by atoms with Crippen molar-refractivity contribution in [2.75, 3.05) is 27.2 Å². The second kappa shape index (κ2) is 13.0. The number of carbonyl (C=O) groups is 1. The molecule has 2 aromatic rings. The number of para-hydroxylation sites is 1. The Morgan fingerprint density at radius 3 is 2.39 bits per heavy atom. The first kappa shape index (κ1) is 23.7. The molecule has 0 aromatic heterocycles. The van der Waals surface area contributed by atoms with Crippen LogP contribution in [0.15, 0.2) is 59.6 Å². The van der Waals surface area contributed by atoms with Crippen LogP contribution < -0.4 is 15.4 Å². The van der Waals surface area contributed by atoms with Gasteiger partial charge in [0.2, 0.25) is 5.91 Å². The van der Waals surface area contributed by atoms with Crippen molar-refractivity contribution >= 4 is 35.8 Å². The largest absolute Gasteiger partial charge is 0.489 e. The molecule has 0 bridgehead atoms. The van der Waals surface area contributed by atoms with Gasteiger partial charge in [-0.05, 0) is 18.6 Å². The fourth-order valence-corrected chi connectivity index (χ4v) is 2.33. The van der Waals surface area contributed by atoms with Crippen LogP contribution in [0.2, 0.25) is 0 Å². The van der Waals surface area contributed by atoms with Crippen molar-refractivity contribution in [2.24, 2.45) is 4.99 Å². The van der Waals surface area contributed by atoms with E-state index in [0.717, 1.165) is 16.9 Å². The Bertz CT molecular complexity index is 751. The van der Waals surface area contributed by atoms with Crippen LogP contribution >= 0.6 is 24.0 Å². The lowest BCUT2D eigenvalue weighted by Crippen LogP contribution is -2.42. The van der Waals surface area contributed by atoms with Crippen molar-refractivity contribution in [3.8, 4) is 5.75 Å². The number of ether oxygens (including phenoxy) is 1. The van der Waals surface area contributed by atoms with Gasteiger partial charge in [0, 0.05) is 26.2 Å². The zero-order valence-corrected chi connectivity index (χ0v) is 19.0. The van der Waals surface area contributed by atoms with Gasteiger partial charge in [-0.2, -0.15) is 0 Å². The lowest BCUT2D eigenvalue weighted by molar-refractivity contribution is -0.127. The topological polar surface area (TPSA) is 66.0 Å². The average Bonchev–Trinajstić information content (AvgIpc) is 2.69. The number of guanidine groups is 1. The highest BCUT2D eigenvalue weighted by Crippen LogP contribution is 2.20. The molecule has 0 aliphatic rings. The highest BCUT2D eigenvalue weighted by atomic mass is 127. The maximum atomic E-state index is 11.8. The van der Waals surface area contributed by atoms with Gasteiger partial charge in [0.15, 0.2) is 5.96 Å². The third-order valence-corrected chi connectivity index (χ3v) is 3.87. The Kier molecular flexibility index (Phi) is 11.0. The van der Waals surface area contributed by atoms with Crippen LogP contribution in [0.5, 0.6) is 5.75 Å². The van der Waals surface area contributed by atoms with E-state index in [4.69, 9.17) is 4.74 Å². The molecule has 1 amide bonds. The summed E-state index contributed by atoms with van der Waals surface area (Å²) < 4.78 is 5.97. The van der Waals surface area contributed by atoms with Crippen molar-refractivity contribution in [3.05, 3.63) is 65.7 Å². The summed E-state index contributed by atoms with van der Waals surface area (Å²) >= 11 is 0. The lowest BCUT2D eigenvalue weighted by Gasteiger charge is -2.15. The molecule has 0 saturated heterocycles. The van der Waals surface area contributed by atoms with E-state index < -0.39 is 0 Å². The highest BCUT2D eigenvalue weighted by Gasteiger charge is 2.07. The minimum Gasteiger partial charge on any atom is -0.489 e. The SMILES string of the molecule is CCNC(=NCc1ccccc1OCc1ccccc1)NCC(=O)N(C)C.I. The third kappa shape index (κ3) is 8.16. The number of carbonyl (C=O) groups excluding carboxylic acids is 1. The van der Waals surface area contributed by atoms with Crippen LogP contribution in [0, 0.1) is 0 Å². The normalized spacial score (nSPS) is 10.6. The molecule has 2 aromatic carbocycles. The molecule has 2 rings (SSSR count). The summed E-state index contributed by atoms with van der Waals surface area (Å²) in [5, 5.41) is 6.21. The second-order valence-electron chi connectivity index (χ2n) is 6.22. The van der Waals surface area contributed by atoms with Crippen molar-refractivity contribution in [2.45, 2.75) is 20.1 Å². The molecule has 0 spiro atoms. The lowest BCUT2D eigenvalue weighted by atomic mass is 10.2. The minimum atomic E-state index is -0.00722. The Hall–Kier alpha value is -2.29. The average molecular weight is 496 g/mol. The predicted molar refractivity (Wildman–Crippen MR) is 124 cm³/mol. The van der Waals surface area contributed by atoms with E-state index in [0.29, 0.717) is 25.7 Å². The Morgan fingerprint density at radius 1 is 1.04 bits per heavy atom. The van der Waals surface area contributed by atoms with Gasteiger partial charge in [-0.1, -0.05) is 48.5 Å². The molecule has 0 fully saturated rings. The van der Waals surface area contributed by atoms with Crippen LogP contribution in [0.4, 0.5) is 0 Å². The molecule has 0 aliphatic heterocycles. The van der Waals surface area contributed by atoms with Crippen LogP contribution in [0.25, 0.3) is 0 Å². The first-order valence-corrected chi connectivity index (χ1v) is 9.07. The van der Waals surface area contributed by atoms with Crippen LogP contribution in [-0.4, -0.2) is 44.0 Å². The van der Waals surface area contributed by atoms with Gasteiger partial charge in [-0.25, -0.2) is 4.99 Å².